The Morgan fingerprint density at radius 2 is 2.19 bits per heavy atom. The fourth-order valence-corrected chi connectivity index (χ4v) is 1.92. The van der Waals surface area contributed by atoms with Crippen LogP contribution in [0.15, 0.2) is 28.2 Å². The van der Waals surface area contributed by atoms with E-state index in [9.17, 15) is 4.39 Å². The van der Waals surface area contributed by atoms with E-state index in [0.29, 0.717) is 12.3 Å². The van der Waals surface area contributed by atoms with Gasteiger partial charge in [0.15, 0.2) is 17.5 Å². The van der Waals surface area contributed by atoms with E-state index >= 15 is 0 Å². The molecule has 0 amide bonds. The minimum Gasteiger partial charge on any atom is -0.488 e. The molecule has 0 aromatic heterocycles. The van der Waals surface area contributed by atoms with Crippen molar-refractivity contribution >= 4 is 17.6 Å². The lowest BCUT2D eigenvalue weighted by atomic mass is 10.2. The van der Waals surface area contributed by atoms with Crippen LogP contribution in [-0.2, 0) is 4.74 Å². The summed E-state index contributed by atoms with van der Waals surface area (Å²) >= 11 is 0. The molecule has 0 aliphatic carbocycles. The molecule has 21 heavy (non-hydrogen) atoms. The second kappa shape index (κ2) is 6.89. The predicted molar refractivity (Wildman–Crippen MR) is 78.0 cm³/mol. The number of aliphatic imine (C=N–C) groups is 2. The summed E-state index contributed by atoms with van der Waals surface area (Å²) < 4.78 is 24.7. The van der Waals surface area contributed by atoms with Crippen molar-refractivity contribution in [3.05, 3.63) is 24.0 Å². The van der Waals surface area contributed by atoms with Crippen molar-refractivity contribution in [2.45, 2.75) is 18.9 Å². The third-order valence-electron chi connectivity index (χ3n) is 2.85. The second-order valence-electron chi connectivity index (χ2n) is 4.57. The standard InChI is InChI=1S/C13H18FN5O2/c14-10-6-8(18-13(17)19-12(15)16)3-4-11(10)21-7-9-2-1-5-20-9/h3-4,6,9H,1-2,5,7H2,(H6,15,16,17,18,19). The Labute approximate surface area is 121 Å². The average molecular weight is 295 g/mol. The topological polar surface area (TPSA) is 121 Å². The van der Waals surface area contributed by atoms with Crippen LogP contribution >= 0.6 is 0 Å². The van der Waals surface area contributed by atoms with E-state index in [1.165, 1.54) is 12.1 Å². The van der Waals surface area contributed by atoms with Crippen LogP contribution in [0.4, 0.5) is 10.1 Å². The molecule has 6 N–H and O–H groups in total. The summed E-state index contributed by atoms with van der Waals surface area (Å²) in [6.07, 6.45) is 1.97. The third kappa shape index (κ3) is 4.60. The first-order valence-corrected chi connectivity index (χ1v) is 6.52. The van der Waals surface area contributed by atoms with E-state index in [1.807, 2.05) is 0 Å². The Kier molecular flexibility index (Phi) is 4.94. The van der Waals surface area contributed by atoms with Gasteiger partial charge >= 0.3 is 0 Å². The highest BCUT2D eigenvalue weighted by atomic mass is 19.1. The first kappa shape index (κ1) is 15.0. The maximum absolute atomic E-state index is 13.9. The molecular formula is C13H18FN5O2. The van der Waals surface area contributed by atoms with Gasteiger partial charge in [-0.05, 0) is 25.0 Å². The highest BCUT2D eigenvalue weighted by Crippen LogP contribution is 2.24. The highest BCUT2D eigenvalue weighted by Gasteiger charge is 2.17. The molecule has 1 aliphatic heterocycles. The molecule has 7 nitrogen and oxygen atoms in total. The van der Waals surface area contributed by atoms with Crippen molar-refractivity contribution in [1.82, 2.24) is 0 Å². The lowest BCUT2D eigenvalue weighted by molar-refractivity contribution is 0.0666. The van der Waals surface area contributed by atoms with Crippen molar-refractivity contribution in [1.29, 1.82) is 0 Å². The SMILES string of the molecule is NC(N)=NC(N)=Nc1ccc(OCC2CCCO2)c(F)c1. The van der Waals surface area contributed by atoms with Crippen LogP contribution in [0, 0.1) is 5.82 Å². The van der Waals surface area contributed by atoms with Crippen molar-refractivity contribution in [3.8, 4) is 5.75 Å². The van der Waals surface area contributed by atoms with Gasteiger partial charge in [-0.2, -0.15) is 4.99 Å². The summed E-state index contributed by atoms with van der Waals surface area (Å²) in [7, 11) is 0. The molecule has 1 saturated heterocycles. The van der Waals surface area contributed by atoms with E-state index in [-0.39, 0.29) is 23.8 Å². The number of hydrogen-bond acceptors (Lipinski definition) is 3. The molecule has 1 aliphatic rings. The number of benzene rings is 1. The van der Waals surface area contributed by atoms with Crippen LogP contribution in [0.3, 0.4) is 0 Å². The van der Waals surface area contributed by atoms with Gasteiger partial charge in [0.2, 0.25) is 5.96 Å². The van der Waals surface area contributed by atoms with Crippen LogP contribution in [0.25, 0.3) is 0 Å². The summed E-state index contributed by atoms with van der Waals surface area (Å²) in [5.74, 6) is -0.757. The first-order valence-electron chi connectivity index (χ1n) is 6.52. The normalized spacial score (nSPS) is 18.5. The van der Waals surface area contributed by atoms with Gasteiger partial charge in [-0.15, -0.1) is 0 Å². The molecule has 1 atom stereocenters. The smallest absolute Gasteiger partial charge is 0.223 e. The Morgan fingerprint density at radius 3 is 2.81 bits per heavy atom. The lowest BCUT2D eigenvalue weighted by Gasteiger charge is -2.12. The van der Waals surface area contributed by atoms with Crippen molar-refractivity contribution in [2.24, 2.45) is 27.2 Å². The van der Waals surface area contributed by atoms with Gasteiger partial charge in [0.05, 0.1) is 11.8 Å². The minimum atomic E-state index is -0.535. The Hall–Kier alpha value is -2.35. The molecule has 2 rings (SSSR count). The van der Waals surface area contributed by atoms with Crippen molar-refractivity contribution in [2.75, 3.05) is 13.2 Å². The van der Waals surface area contributed by atoms with E-state index in [1.54, 1.807) is 6.07 Å². The molecule has 1 aromatic carbocycles. The van der Waals surface area contributed by atoms with Crippen LogP contribution < -0.4 is 21.9 Å². The van der Waals surface area contributed by atoms with Crippen LogP contribution in [0.5, 0.6) is 5.75 Å². The molecule has 0 spiro atoms. The van der Waals surface area contributed by atoms with Gasteiger partial charge < -0.3 is 26.7 Å². The summed E-state index contributed by atoms with van der Waals surface area (Å²) in [6, 6.07) is 4.23. The van der Waals surface area contributed by atoms with Crippen LogP contribution in [0.2, 0.25) is 0 Å². The van der Waals surface area contributed by atoms with Crippen molar-refractivity contribution < 1.29 is 13.9 Å². The molecular weight excluding hydrogens is 277 g/mol. The quantitative estimate of drug-likeness (QED) is 0.555. The van der Waals surface area contributed by atoms with Gasteiger partial charge in [-0.25, -0.2) is 9.38 Å². The molecule has 1 heterocycles. The number of halogens is 1. The molecule has 1 aromatic rings. The van der Waals surface area contributed by atoms with E-state index < -0.39 is 5.82 Å². The van der Waals surface area contributed by atoms with Gasteiger partial charge in [-0.1, -0.05) is 0 Å². The number of ether oxygens (including phenoxy) is 2. The Balaban J connectivity index is 2.01. The molecule has 0 radical (unpaired) electrons. The number of nitrogens with zero attached hydrogens (tertiary/aromatic N) is 2. The number of nitrogens with two attached hydrogens (primary N) is 3. The van der Waals surface area contributed by atoms with E-state index in [0.717, 1.165) is 19.4 Å². The van der Waals surface area contributed by atoms with Gasteiger partial charge in [-0.3, -0.25) is 0 Å². The lowest BCUT2D eigenvalue weighted by Crippen LogP contribution is -2.26. The Morgan fingerprint density at radius 1 is 1.38 bits per heavy atom. The van der Waals surface area contributed by atoms with Gasteiger partial charge in [0.1, 0.15) is 6.61 Å². The maximum atomic E-state index is 13.9. The molecule has 0 saturated carbocycles. The fraction of sp³-hybridized carbons (Fsp3) is 0.385. The third-order valence-corrected chi connectivity index (χ3v) is 2.85. The summed E-state index contributed by atoms with van der Waals surface area (Å²) in [6.45, 7) is 1.06. The van der Waals surface area contributed by atoms with E-state index in [2.05, 4.69) is 9.98 Å². The largest absolute Gasteiger partial charge is 0.488 e. The fourth-order valence-electron chi connectivity index (χ4n) is 1.92. The zero-order valence-electron chi connectivity index (χ0n) is 11.5. The molecule has 0 bridgehead atoms. The number of guanidine groups is 2. The zero-order chi connectivity index (χ0) is 15.2. The first-order chi connectivity index (χ1) is 10.0. The highest BCUT2D eigenvalue weighted by molar-refractivity contribution is 5.93. The number of hydrogen-bond donors (Lipinski definition) is 3. The minimum absolute atomic E-state index is 0.0274. The predicted octanol–water partition coefficient (Wildman–Crippen LogP) is 0.603. The van der Waals surface area contributed by atoms with Crippen LogP contribution in [-0.4, -0.2) is 31.2 Å². The summed E-state index contributed by atoms with van der Waals surface area (Å²) in [5.41, 5.74) is 16.1. The average Bonchev–Trinajstić information content (AvgIpc) is 2.89. The van der Waals surface area contributed by atoms with E-state index in [4.69, 9.17) is 26.7 Å². The van der Waals surface area contributed by atoms with Crippen molar-refractivity contribution in [3.63, 3.8) is 0 Å². The zero-order valence-corrected chi connectivity index (χ0v) is 11.5. The van der Waals surface area contributed by atoms with Gasteiger partial charge in [0.25, 0.3) is 0 Å². The summed E-state index contributed by atoms with van der Waals surface area (Å²) in [5, 5.41) is 0. The number of rotatable bonds is 4. The molecule has 114 valence electrons. The molecule has 1 fully saturated rings. The summed E-state index contributed by atoms with van der Waals surface area (Å²) in [4.78, 5) is 7.41. The van der Waals surface area contributed by atoms with Gasteiger partial charge in [0, 0.05) is 12.7 Å². The van der Waals surface area contributed by atoms with Crippen LogP contribution in [0.1, 0.15) is 12.8 Å². The monoisotopic (exact) mass is 295 g/mol. The molecule has 8 heteroatoms. The Bertz CT molecular complexity index is 551. The second-order valence-corrected chi connectivity index (χ2v) is 4.57. The maximum Gasteiger partial charge on any atom is 0.223 e. The molecule has 1 unspecified atom stereocenters.